The summed E-state index contributed by atoms with van der Waals surface area (Å²) in [6.45, 7) is 4.98. The van der Waals surface area contributed by atoms with Crippen LogP contribution in [0.3, 0.4) is 0 Å². The molecule has 0 fully saturated rings. The SMILES string of the molecule is CC(=O)NCCCNc1cc(C)nc(NC(=O)Nc2ccc3c(c2)CCOO3)n1. The fourth-order valence-electron chi connectivity index (χ4n) is 2.74. The van der Waals surface area contributed by atoms with Gasteiger partial charge in [-0.1, -0.05) is 0 Å². The van der Waals surface area contributed by atoms with Crippen LogP contribution in [-0.2, 0) is 16.1 Å². The van der Waals surface area contributed by atoms with Crippen LogP contribution >= 0.6 is 0 Å². The van der Waals surface area contributed by atoms with Gasteiger partial charge >= 0.3 is 6.03 Å². The van der Waals surface area contributed by atoms with E-state index in [1.807, 2.05) is 13.0 Å². The summed E-state index contributed by atoms with van der Waals surface area (Å²) in [7, 11) is 0. The molecule has 0 bridgehead atoms. The topological polar surface area (TPSA) is 127 Å². The van der Waals surface area contributed by atoms with E-state index in [2.05, 4.69) is 31.2 Å². The molecule has 2 aromatic rings. The predicted octanol–water partition coefficient (Wildman–Crippen LogP) is 2.23. The van der Waals surface area contributed by atoms with E-state index in [9.17, 15) is 9.59 Å². The van der Waals surface area contributed by atoms with Crippen molar-refractivity contribution in [1.82, 2.24) is 15.3 Å². The van der Waals surface area contributed by atoms with E-state index >= 15 is 0 Å². The maximum absolute atomic E-state index is 12.3. The maximum Gasteiger partial charge on any atom is 0.326 e. The number of rotatable bonds is 7. The van der Waals surface area contributed by atoms with Gasteiger partial charge in [-0.25, -0.2) is 9.78 Å². The Bertz CT molecular complexity index is 889. The van der Waals surface area contributed by atoms with Gasteiger partial charge in [-0.15, -0.1) is 0 Å². The number of amides is 3. The summed E-state index contributed by atoms with van der Waals surface area (Å²) in [6, 6.07) is 6.66. The van der Waals surface area contributed by atoms with Crippen molar-refractivity contribution in [2.24, 2.45) is 0 Å². The maximum atomic E-state index is 12.3. The van der Waals surface area contributed by atoms with Crippen molar-refractivity contribution in [3.8, 4) is 5.75 Å². The number of hydrogen-bond acceptors (Lipinski definition) is 7. The minimum atomic E-state index is -0.444. The lowest BCUT2D eigenvalue weighted by Crippen LogP contribution is -2.23. The number of anilines is 3. The molecule has 0 saturated heterocycles. The zero-order valence-electron chi connectivity index (χ0n) is 16.4. The fourth-order valence-corrected chi connectivity index (χ4v) is 2.74. The normalized spacial score (nSPS) is 12.3. The Morgan fingerprint density at radius 1 is 1.14 bits per heavy atom. The monoisotopic (exact) mass is 400 g/mol. The van der Waals surface area contributed by atoms with Gasteiger partial charge in [-0.05, 0) is 31.5 Å². The summed E-state index contributed by atoms with van der Waals surface area (Å²) in [6.07, 6.45) is 1.46. The van der Waals surface area contributed by atoms with E-state index in [4.69, 9.17) is 9.78 Å². The van der Waals surface area contributed by atoms with Crippen LogP contribution in [-0.4, -0.2) is 41.6 Å². The number of nitrogens with one attached hydrogen (secondary N) is 4. The summed E-state index contributed by atoms with van der Waals surface area (Å²) in [5.74, 6) is 1.39. The molecule has 0 spiro atoms. The first-order chi connectivity index (χ1) is 14.0. The number of fused-ring (bicyclic) bond motifs is 1. The molecule has 1 aromatic carbocycles. The van der Waals surface area contributed by atoms with E-state index in [-0.39, 0.29) is 11.9 Å². The second-order valence-corrected chi connectivity index (χ2v) is 6.54. The van der Waals surface area contributed by atoms with Crippen LogP contribution in [0.4, 0.5) is 22.2 Å². The molecule has 2 heterocycles. The van der Waals surface area contributed by atoms with Crippen molar-refractivity contribution in [3.63, 3.8) is 0 Å². The van der Waals surface area contributed by atoms with Crippen molar-refractivity contribution >= 4 is 29.4 Å². The largest absolute Gasteiger partial charge is 0.370 e. The Morgan fingerprint density at radius 3 is 2.83 bits per heavy atom. The molecule has 1 aromatic heterocycles. The Morgan fingerprint density at radius 2 is 2.00 bits per heavy atom. The molecule has 0 unspecified atom stereocenters. The molecule has 4 N–H and O–H groups in total. The van der Waals surface area contributed by atoms with E-state index in [0.29, 0.717) is 49.1 Å². The van der Waals surface area contributed by atoms with Gasteiger partial charge in [-0.3, -0.25) is 10.1 Å². The van der Waals surface area contributed by atoms with Gasteiger partial charge in [-0.2, -0.15) is 9.87 Å². The van der Waals surface area contributed by atoms with Gasteiger partial charge in [0.2, 0.25) is 11.9 Å². The van der Waals surface area contributed by atoms with Gasteiger partial charge in [0.25, 0.3) is 0 Å². The standard InChI is InChI=1S/C19H24N6O4/c1-12-10-17(21-8-3-7-20-13(2)26)24-18(22-12)25-19(27)23-15-4-5-16-14(11-15)6-9-28-29-16/h4-5,10-11H,3,6-9H2,1-2H3,(H,20,26)(H3,21,22,23,24,25,27). The first kappa shape index (κ1) is 20.3. The first-order valence-electron chi connectivity index (χ1n) is 9.34. The van der Waals surface area contributed by atoms with E-state index in [1.54, 1.807) is 18.2 Å². The Kier molecular flexibility index (Phi) is 6.80. The van der Waals surface area contributed by atoms with Gasteiger partial charge in [0, 0.05) is 49.4 Å². The first-order valence-corrected chi connectivity index (χ1v) is 9.34. The summed E-state index contributed by atoms with van der Waals surface area (Å²) < 4.78 is 0. The third-order valence-electron chi connectivity index (χ3n) is 4.03. The van der Waals surface area contributed by atoms with E-state index in [0.717, 1.165) is 12.0 Å². The lowest BCUT2D eigenvalue weighted by Gasteiger charge is -2.16. The van der Waals surface area contributed by atoms with Crippen molar-refractivity contribution < 1.29 is 19.4 Å². The molecule has 10 nitrogen and oxygen atoms in total. The average molecular weight is 400 g/mol. The van der Waals surface area contributed by atoms with Crippen LogP contribution in [0.2, 0.25) is 0 Å². The lowest BCUT2D eigenvalue weighted by molar-refractivity contribution is -0.215. The number of carbonyl (C=O) groups is 2. The molecule has 0 atom stereocenters. The summed E-state index contributed by atoms with van der Waals surface area (Å²) in [4.78, 5) is 41.7. The van der Waals surface area contributed by atoms with Crippen LogP contribution in [0.25, 0.3) is 0 Å². The lowest BCUT2D eigenvalue weighted by atomic mass is 10.1. The Labute approximate surface area is 168 Å². The molecule has 3 rings (SSSR count). The molecule has 10 heteroatoms. The fraction of sp³-hybridized carbons (Fsp3) is 0.368. The molecule has 3 amide bonds. The van der Waals surface area contributed by atoms with E-state index in [1.165, 1.54) is 6.92 Å². The number of carbonyl (C=O) groups excluding carboxylic acids is 2. The highest BCUT2D eigenvalue weighted by molar-refractivity contribution is 5.98. The van der Waals surface area contributed by atoms with E-state index < -0.39 is 6.03 Å². The van der Waals surface area contributed by atoms with Crippen LogP contribution in [0, 0.1) is 6.92 Å². The van der Waals surface area contributed by atoms with Crippen molar-refractivity contribution in [2.45, 2.75) is 26.7 Å². The predicted molar refractivity (Wildman–Crippen MR) is 108 cm³/mol. The van der Waals surface area contributed by atoms with Crippen LogP contribution in [0.1, 0.15) is 24.6 Å². The highest BCUT2D eigenvalue weighted by Gasteiger charge is 2.13. The molecule has 0 aliphatic carbocycles. The third-order valence-corrected chi connectivity index (χ3v) is 4.03. The zero-order valence-corrected chi connectivity index (χ0v) is 16.4. The second-order valence-electron chi connectivity index (χ2n) is 6.54. The van der Waals surface area contributed by atoms with Gasteiger partial charge in [0.15, 0.2) is 5.75 Å². The molecule has 0 saturated carbocycles. The summed E-state index contributed by atoms with van der Waals surface area (Å²) >= 11 is 0. The van der Waals surface area contributed by atoms with Crippen LogP contribution in [0.15, 0.2) is 24.3 Å². The zero-order chi connectivity index (χ0) is 20.6. The highest BCUT2D eigenvalue weighted by Crippen LogP contribution is 2.26. The van der Waals surface area contributed by atoms with Crippen LogP contribution in [0.5, 0.6) is 5.75 Å². The van der Waals surface area contributed by atoms with Crippen LogP contribution < -0.4 is 26.2 Å². The number of nitrogens with zero attached hydrogens (tertiary/aromatic N) is 2. The summed E-state index contributed by atoms with van der Waals surface area (Å²) in [5, 5.41) is 11.3. The number of urea groups is 1. The quantitative estimate of drug-likeness (QED) is 0.415. The molecule has 1 aliphatic rings. The molecular formula is C19H24N6O4. The van der Waals surface area contributed by atoms with Crippen molar-refractivity contribution in [3.05, 3.63) is 35.5 Å². The minimum absolute atomic E-state index is 0.0554. The van der Waals surface area contributed by atoms with Gasteiger partial charge < -0.3 is 20.8 Å². The Hall–Kier alpha value is -3.40. The minimum Gasteiger partial charge on any atom is -0.370 e. The van der Waals surface area contributed by atoms with Crippen molar-refractivity contribution in [1.29, 1.82) is 0 Å². The average Bonchev–Trinajstić information content (AvgIpc) is 2.67. The number of aryl methyl sites for hydroxylation is 1. The molecule has 154 valence electrons. The second kappa shape index (κ2) is 9.69. The number of benzene rings is 1. The summed E-state index contributed by atoms with van der Waals surface area (Å²) in [5.41, 5.74) is 2.31. The molecular weight excluding hydrogens is 376 g/mol. The Balaban J connectivity index is 1.54. The molecule has 29 heavy (non-hydrogen) atoms. The third kappa shape index (κ3) is 6.32. The van der Waals surface area contributed by atoms with Crippen molar-refractivity contribution in [2.75, 3.05) is 35.6 Å². The smallest absolute Gasteiger partial charge is 0.326 e. The number of aromatic nitrogens is 2. The highest BCUT2D eigenvalue weighted by atomic mass is 17.2. The number of hydrogen-bond donors (Lipinski definition) is 4. The molecule has 1 aliphatic heterocycles. The van der Waals surface area contributed by atoms with Gasteiger partial charge in [0.05, 0.1) is 6.61 Å². The van der Waals surface area contributed by atoms with Gasteiger partial charge in [0.1, 0.15) is 5.82 Å². The molecule has 0 radical (unpaired) electrons.